The first-order chi connectivity index (χ1) is 9.45. The Balaban J connectivity index is 2.00. The average Bonchev–Trinajstić information content (AvgIpc) is 2.97. The van der Waals surface area contributed by atoms with Crippen molar-refractivity contribution in [3.63, 3.8) is 0 Å². The largest absolute Gasteiger partial charge is 0.465 e. The van der Waals surface area contributed by atoms with Gasteiger partial charge in [-0.2, -0.15) is 0 Å². The molecule has 20 heavy (non-hydrogen) atoms. The van der Waals surface area contributed by atoms with Gasteiger partial charge in [0.25, 0.3) is 0 Å². The molecule has 5 heteroatoms. The van der Waals surface area contributed by atoms with Gasteiger partial charge >= 0.3 is 5.97 Å². The predicted octanol–water partition coefficient (Wildman–Crippen LogP) is 2.00. The third-order valence-corrected chi connectivity index (χ3v) is 3.85. The second-order valence-electron chi connectivity index (χ2n) is 5.92. The molecule has 1 aliphatic heterocycles. The standard InChI is InChI=1S/C15H22O5/c1-15(2)9-10(12(13(15)16)14(17)18-3)5-4-6-11-19-7-8-20-11/h11H,4-9H2,1-3H3. The van der Waals surface area contributed by atoms with Crippen molar-refractivity contribution in [1.82, 2.24) is 0 Å². The first-order valence-corrected chi connectivity index (χ1v) is 7.04. The Bertz CT molecular complexity index is 430. The fraction of sp³-hybridized carbons (Fsp3) is 0.733. The number of Topliss-reactive ketones (excluding diaryl/α,β-unsaturated/α-hetero) is 1. The lowest BCUT2D eigenvalue weighted by Crippen LogP contribution is -2.23. The number of carbonyl (C=O) groups excluding carboxylic acids is 2. The van der Waals surface area contributed by atoms with Gasteiger partial charge in [0.1, 0.15) is 5.57 Å². The molecule has 0 unspecified atom stereocenters. The molecule has 1 aliphatic carbocycles. The van der Waals surface area contributed by atoms with E-state index in [1.807, 2.05) is 13.8 Å². The summed E-state index contributed by atoms with van der Waals surface area (Å²) in [6, 6.07) is 0. The molecule has 2 rings (SSSR count). The Morgan fingerprint density at radius 3 is 2.60 bits per heavy atom. The number of hydrogen-bond acceptors (Lipinski definition) is 5. The van der Waals surface area contributed by atoms with Crippen LogP contribution in [0.15, 0.2) is 11.1 Å². The number of rotatable bonds is 5. The molecule has 0 aromatic rings. The van der Waals surface area contributed by atoms with E-state index in [9.17, 15) is 9.59 Å². The lowest BCUT2D eigenvalue weighted by atomic mass is 9.87. The van der Waals surface area contributed by atoms with Crippen molar-refractivity contribution in [2.24, 2.45) is 5.41 Å². The van der Waals surface area contributed by atoms with Crippen molar-refractivity contribution >= 4 is 11.8 Å². The summed E-state index contributed by atoms with van der Waals surface area (Å²) in [6.45, 7) is 5.03. The first-order valence-electron chi connectivity index (χ1n) is 7.04. The molecule has 0 aromatic carbocycles. The van der Waals surface area contributed by atoms with E-state index in [1.54, 1.807) is 0 Å². The van der Waals surface area contributed by atoms with Crippen LogP contribution in [0.2, 0.25) is 0 Å². The van der Waals surface area contributed by atoms with Gasteiger partial charge in [0.15, 0.2) is 12.1 Å². The Kier molecular flexibility index (Phi) is 4.60. The molecule has 0 atom stereocenters. The first kappa shape index (κ1) is 15.2. The third kappa shape index (κ3) is 3.10. The minimum atomic E-state index is -0.510. The van der Waals surface area contributed by atoms with Crippen molar-refractivity contribution in [2.75, 3.05) is 20.3 Å². The highest BCUT2D eigenvalue weighted by atomic mass is 16.7. The van der Waals surface area contributed by atoms with Crippen LogP contribution in [0.25, 0.3) is 0 Å². The van der Waals surface area contributed by atoms with Gasteiger partial charge in [0, 0.05) is 5.41 Å². The maximum atomic E-state index is 12.2. The highest BCUT2D eigenvalue weighted by molar-refractivity contribution is 6.21. The van der Waals surface area contributed by atoms with E-state index < -0.39 is 11.4 Å². The molecule has 1 saturated heterocycles. The molecule has 1 heterocycles. The van der Waals surface area contributed by atoms with Gasteiger partial charge < -0.3 is 14.2 Å². The van der Waals surface area contributed by atoms with Gasteiger partial charge in [-0.15, -0.1) is 0 Å². The summed E-state index contributed by atoms with van der Waals surface area (Å²) >= 11 is 0. The maximum Gasteiger partial charge on any atom is 0.341 e. The number of methoxy groups -OCH3 is 1. The minimum Gasteiger partial charge on any atom is -0.465 e. The summed E-state index contributed by atoms with van der Waals surface area (Å²) < 4.78 is 15.5. The van der Waals surface area contributed by atoms with E-state index in [1.165, 1.54) is 7.11 Å². The van der Waals surface area contributed by atoms with Crippen molar-refractivity contribution in [3.8, 4) is 0 Å². The molecule has 1 fully saturated rings. The molecular formula is C15H22O5. The minimum absolute atomic E-state index is 0.104. The number of esters is 1. The smallest absolute Gasteiger partial charge is 0.341 e. The van der Waals surface area contributed by atoms with E-state index in [4.69, 9.17) is 14.2 Å². The topological polar surface area (TPSA) is 61.8 Å². The molecule has 2 aliphatic rings. The van der Waals surface area contributed by atoms with E-state index in [0.717, 1.165) is 18.4 Å². The van der Waals surface area contributed by atoms with E-state index in [-0.39, 0.29) is 17.6 Å². The van der Waals surface area contributed by atoms with Crippen LogP contribution in [0.5, 0.6) is 0 Å². The SMILES string of the molecule is COC(=O)C1=C(CCCC2OCCO2)CC(C)(C)C1=O. The molecule has 112 valence electrons. The van der Waals surface area contributed by atoms with Gasteiger partial charge in [0.2, 0.25) is 0 Å². The second kappa shape index (κ2) is 6.06. The van der Waals surface area contributed by atoms with Crippen LogP contribution in [-0.4, -0.2) is 38.4 Å². The van der Waals surface area contributed by atoms with Gasteiger partial charge in [-0.1, -0.05) is 19.4 Å². The third-order valence-electron chi connectivity index (χ3n) is 3.85. The number of carbonyl (C=O) groups is 2. The van der Waals surface area contributed by atoms with Crippen LogP contribution in [-0.2, 0) is 23.8 Å². The average molecular weight is 282 g/mol. The second-order valence-corrected chi connectivity index (χ2v) is 5.92. The Hall–Kier alpha value is -1.20. The van der Waals surface area contributed by atoms with Gasteiger partial charge in [-0.25, -0.2) is 4.79 Å². The van der Waals surface area contributed by atoms with Crippen LogP contribution in [0.3, 0.4) is 0 Å². The van der Waals surface area contributed by atoms with Crippen LogP contribution in [0.4, 0.5) is 0 Å². The zero-order valence-corrected chi connectivity index (χ0v) is 12.4. The highest BCUT2D eigenvalue weighted by Crippen LogP contribution is 2.40. The van der Waals surface area contributed by atoms with Crippen molar-refractivity contribution in [1.29, 1.82) is 0 Å². The maximum absolute atomic E-state index is 12.2. The molecule has 0 spiro atoms. The summed E-state index contributed by atoms with van der Waals surface area (Å²) in [7, 11) is 1.31. The predicted molar refractivity (Wildman–Crippen MR) is 72.0 cm³/mol. The van der Waals surface area contributed by atoms with Crippen LogP contribution < -0.4 is 0 Å². The Morgan fingerprint density at radius 1 is 1.35 bits per heavy atom. The summed E-state index contributed by atoms with van der Waals surface area (Å²) in [6.07, 6.45) is 2.82. The van der Waals surface area contributed by atoms with Crippen molar-refractivity contribution in [3.05, 3.63) is 11.1 Å². The molecule has 0 N–H and O–H groups in total. The fourth-order valence-corrected chi connectivity index (χ4v) is 2.81. The number of allylic oxidation sites excluding steroid dienone is 1. The monoisotopic (exact) mass is 282 g/mol. The van der Waals surface area contributed by atoms with Gasteiger partial charge in [0.05, 0.1) is 20.3 Å². The number of ketones is 1. The Morgan fingerprint density at radius 2 is 2.00 bits per heavy atom. The molecule has 0 aromatic heterocycles. The van der Waals surface area contributed by atoms with E-state index in [0.29, 0.717) is 26.1 Å². The van der Waals surface area contributed by atoms with Gasteiger partial charge in [-0.05, 0) is 25.7 Å². The molecular weight excluding hydrogens is 260 g/mol. The van der Waals surface area contributed by atoms with E-state index in [2.05, 4.69) is 0 Å². The van der Waals surface area contributed by atoms with Gasteiger partial charge in [-0.3, -0.25) is 4.79 Å². The highest BCUT2D eigenvalue weighted by Gasteiger charge is 2.42. The molecule has 0 radical (unpaired) electrons. The Labute approximate surface area is 119 Å². The summed E-state index contributed by atoms with van der Waals surface area (Å²) in [5.74, 6) is -0.614. The van der Waals surface area contributed by atoms with Crippen LogP contribution in [0.1, 0.15) is 39.5 Å². The normalized spacial score (nSPS) is 22.6. The number of hydrogen-bond donors (Lipinski definition) is 0. The lowest BCUT2D eigenvalue weighted by molar-refractivity contribution is -0.138. The van der Waals surface area contributed by atoms with Crippen LogP contribution in [0, 0.1) is 5.41 Å². The summed E-state index contributed by atoms with van der Waals surface area (Å²) in [5, 5.41) is 0. The summed E-state index contributed by atoms with van der Waals surface area (Å²) in [5.41, 5.74) is 0.662. The quantitative estimate of drug-likeness (QED) is 0.570. The fourth-order valence-electron chi connectivity index (χ4n) is 2.81. The molecule has 0 saturated carbocycles. The van der Waals surface area contributed by atoms with Crippen LogP contribution >= 0.6 is 0 Å². The van der Waals surface area contributed by atoms with Crippen molar-refractivity contribution < 1.29 is 23.8 Å². The zero-order chi connectivity index (χ0) is 14.8. The molecule has 0 bridgehead atoms. The lowest BCUT2D eigenvalue weighted by Gasteiger charge is -2.15. The van der Waals surface area contributed by atoms with E-state index >= 15 is 0 Å². The molecule has 5 nitrogen and oxygen atoms in total. The van der Waals surface area contributed by atoms with Crippen molar-refractivity contribution in [2.45, 2.75) is 45.8 Å². The number of ether oxygens (including phenoxy) is 3. The summed E-state index contributed by atoms with van der Waals surface area (Å²) in [4.78, 5) is 24.0. The molecule has 0 amide bonds. The zero-order valence-electron chi connectivity index (χ0n) is 12.4.